The molecule has 1 fully saturated rings. The first-order valence-electron chi connectivity index (χ1n) is 9.30. The molecule has 1 saturated heterocycles. The standard InChI is InChI=1S/C21H35NO/c1-17-14-18(2)16-22(15-17)12-6-7-13-23-20-10-8-19(9-11-20)21(3,4)5/h8-11,17-18H,6-7,12-16H2,1-5H3. The highest BCUT2D eigenvalue weighted by Gasteiger charge is 2.20. The van der Waals surface area contributed by atoms with Crippen LogP contribution in [-0.4, -0.2) is 31.1 Å². The summed E-state index contributed by atoms with van der Waals surface area (Å²) in [5.41, 5.74) is 1.57. The number of likely N-dealkylation sites (tertiary alicyclic amines) is 1. The fourth-order valence-corrected chi connectivity index (χ4v) is 3.65. The highest BCUT2D eigenvalue weighted by Crippen LogP contribution is 2.24. The molecule has 0 saturated carbocycles. The van der Waals surface area contributed by atoms with Crippen LogP contribution in [0.1, 0.15) is 59.4 Å². The van der Waals surface area contributed by atoms with E-state index < -0.39 is 0 Å². The first-order valence-corrected chi connectivity index (χ1v) is 9.30. The van der Waals surface area contributed by atoms with Gasteiger partial charge in [0.25, 0.3) is 0 Å². The van der Waals surface area contributed by atoms with Crippen molar-refractivity contribution < 1.29 is 4.74 Å². The van der Waals surface area contributed by atoms with Crippen LogP contribution in [-0.2, 0) is 5.41 Å². The zero-order valence-corrected chi connectivity index (χ0v) is 15.8. The summed E-state index contributed by atoms with van der Waals surface area (Å²) in [6.45, 7) is 16.1. The quantitative estimate of drug-likeness (QED) is 0.675. The van der Waals surface area contributed by atoms with Crippen molar-refractivity contribution in [1.82, 2.24) is 4.90 Å². The lowest BCUT2D eigenvalue weighted by molar-refractivity contribution is 0.136. The van der Waals surface area contributed by atoms with E-state index in [1.165, 1.54) is 38.0 Å². The van der Waals surface area contributed by atoms with Gasteiger partial charge in [-0.1, -0.05) is 46.8 Å². The molecule has 0 spiro atoms. The maximum Gasteiger partial charge on any atom is 0.119 e. The van der Waals surface area contributed by atoms with Crippen LogP contribution >= 0.6 is 0 Å². The van der Waals surface area contributed by atoms with E-state index in [0.29, 0.717) is 0 Å². The smallest absolute Gasteiger partial charge is 0.119 e. The SMILES string of the molecule is CC1CC(C)CN(CCCCOc2ccc(C(C)(C)C)cc2)C1. The molecule has 0 N–H and O–H groups in total. The zero-order valence-electron chi connectivity index (χ0n) is 15.8. The third-order valence-corrected chi connectivity index (χ3v) is 4.80. The number of hydrogen-bond donors (Lipinski definition) is 0. The average Bonchev–Trinajstić information content (AvgIpc) is 2.45. The lowest BCUT2D eigenvalue weighted by Gasteiger charge is -2.34. The van der Waals surface area contributed by atoms with Gasteiger partial charge >= 0.3 is 0 Å². The molecule has 0 aliphatic carbocycles. The Balaban J connectivity index is 1.64. The van der Waals surface area contributed by atoms with Gasteiger partial charge < -0.3 is 9.64 Å². The Kier molecular flexibility index (Phi) is 6.52. The summed E-state index contributed by atoms with van der Waals surface area (Å²) in [4.78, 5) is 2.64. The van der Waals surface area contributed by atoms with E-state index in [0.717, 1.165) is 30.6 Å². The predicted molar refractivity (Wildman–Crippen MR) is 99.3 cm³/mol. The van der Waals surface area contributed by atoms with E-state index in [-0.39, 0.29) is 5.41 Å². The normalized spacial score (nSPS) is 23.0. The second-order valence-electron chi connectivity index (χ2n) is 8.54. The monoisotopic (exact) mass is 317 g/mol. The van der Waals surface area contributed by atoms with E-state index in [4.69, 9.17) is 4.74 Å². The van der Waals surface area contributed by atoms with Crippen LogP contribution in [0.2, 0.25) is 0 Å². The summed E-state index contributed by atoms with van der Waals surface area (Å²) in [5, 5.41) is 0. The summed E-state index contributed by atoms with van der Waals surface area (Å²) >= 11 is 0. The number of rotatable bonds is 6. The Morgan fingerprint density at radius 3 is 2.17 bits per heavy atom. The second-order valence-corrected chi connectivity index (χ2v) is 8.54. The minimum absolute atomic E-state index is 0.210. The fraction of sp³-hybridized carbons (Fsp3) is 0.714. The van der Waals surface area contributed by atoms with Crippen LogP contribution in [0.15, 0.2) is 24.3 Å². The van der Waals surface area contributed by atoms with Crippen LogP contribution in [0.5, 0.6) is 5.75 Å². The lowest BCUT2D eigenvalue weighted by Crippen LogP contribution is -2.39. The molecule has 130 valence electrons. The molecule has 1 aromatic carbocycles. The Morgan fingerprint density at radius 2 is 1.61 bits per heavy atom. The van der Waals surface area contributed by atoms with Gasteiger partial charge in [-0.3, -0.25) is 0 Å². The molecule has 0 amide bonds. The van der Waals surface area contributed by atoms with Crippen LogP contribution in [0.3, 0.4) is 0 Å². The minimum atomic E-state index is 0.210. The second kappa shape index (κ2) is 8.19. The number of ether oxygens (including phenoxy) is 1. The predicted octanol–water partition coefficient (Wildman–Crippen LogP) is 5.12. The third kappa shape index (κ3) is 6.18. The third-order valence-electron chi connectivity index (χ3n) is 4.80. The van der Waals surface area contributed by atoms with E-state index in [1.54, 1.807) is 0 Å². The molecule has 1 aliphatic rings. The van der Waals surface area contributed by atoms with E-state index >= 15 is 0 Å². The van der Waals surface area contributed by atoms with Gasteiger partial charge in [0.2, 0.25) is 0 Å². The van der Waals surface area contributed by atoms with Crippen molar-refractivity contribution in [2.45, 2.75) is 59.3 Å². The highest BCUT2D eigenvalue weighted by atomic mass is 16.5. The molecule has 2 rings (SSSR count). The number of benzene rings is 1. The molecule has 1 aliphatic heterocycles. The van der Waals surface area contributed by atoms with Crippen LogP contribution in [0.25, 0.3) is 0 Å². The summed E-state index contributed by atoms with van der Waals surface area (Å²) in [6.07, 6.45) is 3.77. The summed E-state index contributed by atoms with van der Waals surface area (Å²) in [5.74, 6) is 2.71. The molecule has 2 heteroatoms. The summed E-state index contributed by atoms with van der Waals surface area (Å²) in [6, 6.07) is 8.58. The number of piperidine rings is 1. The van der Waals surface area contributed by atoms with E-state index in [2.05, 4.69) is 63.8 Å². The zero-order chi connectivity index (χ0) is 16.9. The minimum Gasteiger partial charge on any atom is -0.494 e. The van der Waals surface area contributed by atoms with Crippen molar-refractivity contribution in [2.75, 3.05) is 26.2 Å². The van der Waals surface area contributed by atoms with Crippen LogP contribution < -0.4 is 4.74 Å². The van der Waals surface area contributed by atoms with Crippen molar-refractivity contribution in [2.24, 2.45) is 11.8 Å². The highest BCUT2D eigenvalue weighted by molar-refractivity contribution is 5.31. The number of nitrogens with zero attached hydrogens (tertiary/aromatic N) is 1. The summed E-state index contributed by atoms with van der Waals surface area (Å²) < 4.78 is 5.89. The Morgan fingerprint density at radius 1 is 1.00 bits per heavy atom. The Hall–Kier alpha value is -1.02. The topological polar surface area (TPSA) is 12.5 Å². The van der Waals surface area contributed by atoms with Crippen molar-refractivity contribution in [1.29, 1.82) is 0 Å². The van der Waals surface area contributed by atoms with Gasteiger partial charge in [-0.2, -0.15) is 0 Å². The molecule has 2 nitrogen and oxygen atoms in total. The average molecular weight is 318 g/mol. The maximum atomic E-state index is 5.89. The number of unbranched alkanes of at least 4 members (excludes halogenated alkanes) is 1. The lowest BCUT2D eigenvalue weighted by atomic mass is 9.87. The molecule has 2 atom stereocenters. The molecule has 0 aromatic heterocycles. The van der Waals surface area contributed by atoms with E-state index in [9.17, 15) is 0 Å². The first-order chi connectivity index (χ1) is 10.8. The molecule has 1 heterocycles. The van der Waals surface area contributed by atoms with Gasteiger partial charge in [-0.25, -0.2) is 0 Å². The summed E-state index contributed by atoms with van der Waals surface area (Å²) in [7, 11) is 0. The van der Waals surface area contributed by atoms with Gasteiger partial charge in [0.1, 0.15) is 5.75 Å². The van der Waals surface area contributed by atoms with E-state index in [1.807, 2.05) is 0 Å². The van der Waals surface area contributed by atoms with Crippen molar-refractivity contribution in [3.8, 4) is 5.75 Å². The van der Waals surface area contributed by atoms with Gasteiger partial charge in [-0.05, 0) is 60.8 Å². The molecule has 0 radical (unpaired) electrons. The Bertz CT molecular complexity index is 450. The number of hydrogen-bond acceptors (Lipinski definition) is 2. The molecular formula is C21H35NO. The molecule has 0 bridgehead atoms. The van der Waals surface area contributed by atoms with Crippen LogP contribution in [0, 0.1) is 11.8 Å². The maximum absolute atomic E-state index is 5.89. The first kappa shape index (κ1) is 18.3. The van der Waals surface area contributed by atoms with Crippen molar-refractivity contribution in [3.63, 3.8) is 0 Å². The van der Waals surface area contributed by atoms with Gasteiger partial charge in [0, 0.05) is 13.1 Å². The largest absolute Gasteiger partial charge is 0.494 e. The molecule has 1 aromatic rings. The fourth-order valence-electron chi connectivity index (χ4n) is 3.65. The Labute approximate surface area is 143 Å². The van der Waals surface area contributed by atoms with Gasteiger partial charge in [0.05, 0.1) is 6.61 Å². The van der Waals surface area contributed by atoms with Crippen molar-refractivity contribution >= 4 is 0 Å². The van der Waals surface area contributed by atoms with Gasteiger partial charge in [-0.15, -0.1) is 0 Å². The molecular weight excluding hydrogens is 282 g/mol. The van der Waals surface area contributed by atoms with Crippen LogP contribution in [0.4, 0.5) is 0 Å². The van der Waals surface area contributed by atoms with Gasteiger partial charge in [0.15, 0.2) is 0 Å². The molecule has 2 unspecified atom stereocenters. The van der Waals surface area contributed by atoms with Crippen molar-refractivity contribution in [3.05, 3.63) is 29.8 Å². The molecule has 23 heavy (non-hydrogen) atoms.